The van der Waals surface area contributed by atoms with E-state index in [2.05, 4.69) is 0 Å². The van der Waals surface area contributed by atoms with Crippen molar-refractivity contribution in [2.24, 2.45) is 5.92 Å². The van der Waals surface area contributed by atoms with Crippen molar-refractivity contribution >= 4 is 23.5 Å². The van der Waals surface area contributed by atoms with E-state index in [-0.39, 0.29) is 17.8 Å². The zero-order valence-corrected chi connectivity index (χ0v) is 14.1. The number of rotatable bonds is 3. The SMILES string of the molecule is COC(=O)C1CCN(C(=O)C2(c3cccc(Cl)c3)CCC2)CC1. The first-order chi connectivity index (χ1) is 11.1. The quantitative estimate of drug-likeness (QED) is 0.797. The molecule has 0 unspecified atom stereocenters. The largest absolute Gasteiger partial charge is 0.469 e. The Morgan fingerprint density at radius 1 is 1.26 bits per heavy atom. The average Bonchev–Trinajstić information content (AvgIpc) is 2.53. The van der Waals surface area contributed by atoms with Crippen molar-refractivity contribution in [2.45, 2.75) is 37.5 Å². The fourth-order valence-corrected chi connectivity index (χ4v) is 3.92. The molecule has 1 aromatic carbocycles. The normalized spacial score (nSPS) is 20.7. The van der Waals surface area contributed by atoms with Crippen molar-refractivity contribution in [3.05, 3.63) is 34.9 Å². The molecule has 1 saturated heterocycles. The lowest BCUT2D eigenvalue weighted by Gasteiger charge is -2.45. The van der Waals surface area contributed by atoms with E-state index in [4.69, 9.17) is 16.3 Å². The summed E-state index contributed by atoms with van der Waals surface area (Å²) in [6, 6.07) is 7.67. The van der Waals surface area contributed by atoms with Crippen LogP contribution in [0, 0.1) is 5.92 Å². The fourth-order valence-electron chi connectivity index (χ4n) is 3.73. The molecule has 2 fully saturated rings. The van der Waals surface area contributed by atoms with Gasteiger partial charge < -0.3 is 9.64 Å². The minimum atomic E-state index is -0.414. The predicted octanol–water partition coefficient (Wildman–Crippen LogP) is 3.17. The Morgan fingerprint density at radius 3 is 2.48 bits per heavy atom. The number of nitrogens with zero attached hydrogens (tertiary/aromatic N) is 1. The predicted molar refractivity (Wildman–Crippen MR) is 88.3 cm³/mol. The van der Waals surface area contributed by atoms with Crippen molar-refractivity contribution in [2.75, 3.05) is 20.2 Å². The van der Waals surface area contributed by atoms with E-state index in [1.54, 1.807) is 0 Å². The van der Waals surface area contributed by atoms with Gasteiger partial charge in [0.05, 0.1) is 18.4 Å². The smallest absolute Gasteiger partial charge is 0.308 e. The highest BCUT2D eigenvalue weighted by Crippen LogP contribution is 2.46. The van der Waals surface area contributed by atoms with Crippen LogP contribution in [-0.4, -0.2) is 37.0 Å². The van der Waals surface area contributed by atoms with Gasteiger partial charge in [-0.3, -0.25) is 9.59 Å². The van der Waals surface area contributed by atoms with Gasteiger partial charge in [0, 0.05) is 18.1 Å². The standard InChI is InChI=1S/C18H22ClNO3/c1-23-16(21)13-6-10-20(11-7-13)17(22)18(8-3-9-18)14-4-2-5-15(19)12-14/h2,4-5,12-13H,3,6-11H2,1H3. The van der Waals surface area contributed by atoms with Crippen LogP contribution in [0.2, 0.25) is 5.02 Å². The Morgan fingerprint density at radius 2 is 1.96 bits per heavy atom. The number of carbonyl (C=O) groups is 2. The van der Waals surface area contributed by atoms with Crippen LogP contribution >= 0.6 is 11.6 Å². The van der Waals surface area contributed by atoms with Gasteiger partial charge in [-0.2, -0.15) is 0 Å². The molecule has 1 amide bonds. The first-order valence-corrected chi connectivity index (χ1v) is 8.58. The topological polar surface area (TPSA) is 46.6 Å². The molecule has 0 bridgehead atoms. The molecule has 0 atom stereocenters. The van der Waals surface area contributed by atoms with E-state index < -0.39 is 5.41 Å². The number of likely N-dealkylation sites (tertiary alicyclic amines) is 1. The molecule has 1 aliphatic carbocycles. The number of amides is 1. The molecule has 0 aromatic heterocycles. The van der Waals surface area contributed by atoms with Crippen LogP contribution in [0.1, 0.15) is 37.7 Å². The number of hydrogen-bond donors (Lipinski definition) is 0. The second-order valence-corrected chi connectivity index (χ2v) is 6.97. The van der Waals surface area contributed by atoms with Crippen molar-refractivity contribution in [1.82, 2.24) is 4.90 Å². The number of carbonyl (C=O) groups excluding carboxylic acids is 2. The molecule has 2 aliphatic rings. The van der Waals surface area contributed by atoms with Crippen LogP contribution in [-0.2, 0) is 19.7 Å². The van der Waals surface area contributed by atoms with E-state index in [9.17, 15) is 9.59 Å². The molecule has 0 spiro atoms. The third-order valence-electron chi connectivity index (χ3n) is 5.31. The third kappa shape index (κ3) is 2.97. The Kier molecular flexibility index (Phi) is 4.62. The van der Waals surface area contributed by atoms with Crippen molar-refractivity contribution in [3.8, 4) is 0 Å². The number of hydrogen-bond acceptors (Lipinski definition) is 3. The number of ether oxygens (including phenoxy) is 1. The van der Waals surface area contributed by atoms with Gasteiger partial charge >= 0.3 is 5.97 Å². The zero-order chi connectivity index (χ0) is 16.4. The van der Waals surface area contributed by atoms with Gasteiger partial charge in [0.2, 0.25) is 5.91 Å². The zero-order valence-electron chi connectivity index (χ0n) is 13.4. The second kappa shape index (κ2) is 6.52. The van der Waals surface area contributed by atoms with Gasteiger partial charge in [-0.05, 0) is 43.4 Å². The molecule has 124 valence electrons. The molecular weight excluding hydrogens is 314 g/mol. The number of esters is 1. The number of halogens is 1. The molecule has 0 N–H and O–H groups in total. The number of piperidine rings is 1. The maximum atomic E-state index is 13.1. The molecular formula is C18H22ClNO3. The highest BCUT2D eigenvalue weighted by atomic mass is 35.5. The van der Waals surface area contributed by atoms with Crippen LogP contribution in [0.3, 0.4) is 0 Å². The van der Waals surface area contributed by atoms with Crippen molar-refractivity contribution < 1.29 is 14.3 Å². The summed E-state index contributed by atoms with van der Waals surface area (Å²) >= 11 is 6.12. The summed E-state index contributed by atoms with van der Waals surface area (Å²) in [5, 5.41) is 0.672. The van der Waals surface area contributed by atoms with Gasteiger partial charge in [-0.25, -0.2) is 0 Å². The molecule has 1 aliphatic heterocycles. The summed E-state index contributed by atoms with van der Waals surface area (Å²) in [6.07, 6.45) is 4.19. The molecule has 1 heterocycles. The molecule has 4 nitrogen and oxygen atoms in total. The maximum Gasteiger partial charge on any atom is 0.308 e. The van der Waals surface area contributed by atoms with Gasteiger partial charge in [0.25, 0.3) is 0 Å². The van der Waals surface area contributed by atoms with Gasteiger partial charge in [-0.1, -0.05) is 30.2 Å². The summed E-state index contributed by atoms with van der Waals surface area (Å²) in [5.74, 6) is -0.0489. The lowest BCUT2D eigenvalue weighted by molar-refractivity contribution is -0.151. The van der Waals surface area contributed by atoms with E-state index >= 15 is 0 Å². The fraction of sp³-hybridized carbons (Fsp3) is 0.556. The Labute approximate surface area is 141 Å². The first kappa shape index (κ1) is 16.3. The van der Waals surface area contributed by atoms with Gasteiger partial charge in [0.1, 0.15) is 0 Å². The second-order valence-electron chi connectivity index (χ2n) is 6.54. The summed E-state index contributed by atoms with van der Waals surface area (Å²) in [5.41, 5.74) is 0.611. The van der Waals surface area contributed by atoms with Crippen molar-refractivity contribution in [3.63, 3.8) is 0 Å². The third-order valence-corrected chi connectivity index (χ3v) is 5.55. The molecule has 0 radical (unpaired) electrons. The highest BCUT2D eigenvalue weighted by molar-refractivity contribution is 6.30. The molecule has 1 saturated carbocycles. The monoisotopic (exact) mass is 335 g/mol. The Bertz CT molecular complexity index is 604. The van der Waals surface area contributed by atoms with Crippen LogP contribution in [0.25, 0.3) is 0 Å². The molecule has 23 heavy (non-hydrogen) atoms. The lowest BCUT2D eigenvalue weighted by atomic mass is 9.63. The van der Waals surface area contributed by atoms with Crippen molar-refractivity contribution in [1.29, 1.82) is 0 Å². The summed E-state index contributed by atoms with van der Waals surface area (Å²) in [6.45, 7) is 1.25. The lowest BCUT2D eigenvalue weighted by Crippen LogP contribution is -2.53. The first-order valence-electron chi connectivity index (χ1n) is 8.20. The van der Waals surface area contributed by atoms with Gasteiger partial charge in [0.15, 0.2) is 0 Å². The average molecular weight is 336 g/mol. The number of benzene rings is 1. The van der Waals surface area contributed by atoms with E-state index in [0.29, 0.717) is 31.0 Å². The Hall–Kier alpha value is -1.55. The van der Waals surface area contributed by atoms with Crippen LogP contribution in [0.4, 0.5) is 0 Å². The van der Waals surface area contributed by atoms with E-state index in [1.165, 1.54) is 7.11 Å². The highest BCUT2D eigenvalue weighted by Gasteiger charge is 2.48. The maximum absolute atomic E-state index is 13.1. The molecule has 5 heteroatoms. The number of methoxy groups -OCH3 is 1. The molecule has 3 rings (SSSR count). The summed E-state index contributed by atoms with van der Waals surface area (Å²) in [7, 11) is 1.42. The van der Waals surface area contributed by atoms with Crippen LogP contribution in [0.5, 0.6) is 0 Å². The minimum absolute atomic E-state index is 0.0763. The summed E-state index contributed by atoms with van der Waals surface area (Å²) < 4.78 is 4.81. The van der Waals surface area contributed by atoms with Gasteiger partial charge in [-0.15, -0.1) is 0 Å². The van der Waals surface area contributed by atoms with Crippen LogP contribution in [0.15, 0.2) is 24.3 Å². The summed E-state index contributed by atoms with van der Waals surface area (Å²) in [4.78, 5) is 26.7. The van der Waals surface area contributed by atoms with E-state index in [1.807, 2.05) is 29.2 Å². The minimum Gasteiger partial charge on any atom is -0.469 e. The Balaban J connectivity index is 1.73. The van der Waals surface area contributed by atoms with Crippen LogP contribution < -0.4 is 0 Å². The molecule has 1 aromatic rings. The van der Waals surface area contributed by atoms with E-state index in [0.717, 1.165) is 24.8 Å².